The lowest BCUT2D eigenvalue weighted by molar-refractivity contribution is 0.0933. The van der Waals surface area contributed by atoms with Crippen molar-refractivity contribution in [1.82, 2.24) is 20.4 Å². The van der Waals surface area contributed by atoms with Crippen molar-refractivity contribution in [3.05, 3.63) is 71.5 Å². The van der Waals surface area contributed by atoms with E-state index in [1.807, 2.05) is 24.3 Å². The van der Waals surface area contributed by atoms with Gasteiger partial charge in [0.15, 0.2) is 5.69 Å². The number of rotatable bonds is 4. The standard InChI is InChI=1S/C21H22N4O/c1-15-5-4-6-16(11-15)13-25-10-9-18(14-25)23-21(26)20-19-8-3-2-7-17(19)12-22-24-20/h2-8,11-12,18H,9-10,13-14H2,1H3,(H,23,26). The van der Waals surface area contributed by atoms with E-state index >= 15 is 0 Å². The smallest absolute Gasteiger partial charge is 0.272 e. The molecule has 3 aromatic rings. The van der Waals surface area contributed by atoms with Crippen molar-refractivity contribution >= 4 is 16.7 Å². The van der Waals surface area contributed by atoms with Gasteiger partial charge in [-0.1, -0.05) is 54.1 Å². The van der Waals surface area contributed by atoms with E-state index in [9.17, 15) is 4.79 Å². The highest BCUT2D eigenvalue weighted by atomic mass is 16.2. The third-order valence-electron chi connectivity index (χ3n) is 4.88. The maximum Gasteiger partial charge on any atom is 0.272 e. The summed E-state index contributed by atoms with van der Waals surface area (Å²) in [5.74, 6) is -0.142. The fourth-order valence-electron chi connectivity index (χ4n) is 3.61. The van der Waals surface area contributed by atoms with E-state index in [2.05, 4.69) is 51.6 Å². The number of benzene rings is 2. The summed E-state index contributed by atoms with van der Waals surface area (Å²) in [5, 5.41) is 12.9. The van der Waals surface area contributed by atoms with Gasteiger partial charge in [-0.25, -0.2) is 0 Å². The third-order valence-corrected chi connectivity index (χ3v) is 4.88. The Kier molecular flexibility index (Phi) is 4.63. The number of amides is 1. The molecular formula is C21H22N4O. The minimum Gasteiger partial charge on any atom is -0.347 e. The van der Waals surface area contributed by atoms with Crippen LogP contribution in [0.25, 0.3) is 10.8 Å². The summed E-state index contributed by atoms with van der Waals surface area (Å²) in [5.41, 5.74) is 3.00. The Morgan fingerprint density at radius 1 is 1.23 bits per heavy atom. The van der Waals surface area contributed by atoms with E-state index in [1.54, 1.807) is 6.20 Å². The Labute approximate surface area is 153 Å². The van der Waals surface area contributed by atoms with Crippen LogP contribution in [0.5, 0.6) is 0 Å². The van der Waals surface area contributed by atoms with Crippen LogP contribution in [0.4, 0.5) is 0 Å². The first-order valence-electron chi connectivity index (χ1n) is 8.98. The highest BCUT2D eigenvalue weighted by Crippen LogP contribution is 2.17. The molecule has 0 bridgehead atoms. The molecule has 1 amide bonds. The molecule has 1 aliphatic heterocycles. The van der Waals surface area contributed by atoms with Crippen LogP contribution in [0.1, 0.15) is 28.0 Å². The average Bonchev–Trinajstić information content (AvgIpc) is 3.08. The molecule has 0 saturated carbocycles. The van der Waals surface area contributed by atoms with E-state index in [1.165, 1.54) is 11.1 Å². The normalized spacial score (nSPS) is 17.5. The molecule has 1 fully saturated rings. The number of aromatic nitrogens is 2. The maximum atomic E-state index is 12.7. The summed E-state index contributed by atoms with van der Waals surface area (Å²) < 4.78 is 0. The minimum absolute atomic E-state index is 0.142. The Morgan fingerprint density at radius 2 is 2.12 bits per heavy atom. The Balaban J connectivity index is 1.41. The van der Waals surface area contributed by atoms with Crippen LogP contribution in [0, 0.1) is 6.92 Å². The molecule has 1 aromatic heterocycles. The highest BCUT2D eigenvalue weighted by molar-refractivity contribution is 6.04. The molecule has 1 unspecified atom stereocenters. The van der Waals surface area contributed by atoms with Crippen molar-refractivity contribution in [3.8, 4) is 0 Å². The van der Waals surface area contributed by atoms with Crippen molar-refractivity contribution in [2.45, 2.75) is 25.9 Å². The van der Waals surface area contributed by atoms with Gasteiger partial charge in [-0.05, 0) is 18.9 Å². The first-order valence-corrected chi connectivity index (χ1v) is 8.98. The largest absolute Gasteiger partial charge is 0.347 e. The van der Waals surface area contributed by atoms with Gasteiger partial charge in [-0.3, -0.25) is 9.69 Å². The maximum absolute atomic E-state index is 12.7. The molecule has 1 N–H and O–H groups in total. The van der Waals surface area contributed by atoms with Crippen molar-refractivity contribution < 1.29 is 4.79 Å². The highest BCUT2D eigenvalue weighted by Gasteiger charge is 2.25. The first-order chi connectivity index (χ1) is 12.7. The van der Waals surface area contributed by atoms with Gasteiger partial charge in [0, 0.05) is 36.4 Å². The van der Waals surface area contributed by atoms with Crippen LogP contribution in [0.3, 0.4) is 0 Å². The summed E-state index contributed by atoms with van der Waals surface area (Å²) in [6.07, 6.45) is 2.64. The van der Waals surface area contributed by atoms with Crippen molar-refractivity contribution in [2.24, 2.45) is 0 Å². The molecule has 132 valence electrons. The zero-order valence-electron chi connectivity index (χ0n) is 14.9. The van der Waals surface area contributed by atoms with Crippen molar-refractivity contribution in [3.63, 3.8) is 0 Å². The lowest BCUT2D eigenvalue weighted by Crippen LogP contribution is -2.37. The fraction of sp³-hybridized carbons (Fsp3) is 0.286. The lowest BCUT2D eigenvalue weighted by Gasteiger charge is -2.17. The number of carbonyl (C=O) groups excluding carboxylic acids is 1. The lowest BCUT2D eigenvalue weighted by atomic mass is 10.1. The molecule has 0 radical (unpaired) electrons. The Morgan fingerprint density at radius 3 is 3.00 bits per heavy atom. The number of nitrogens with zero attached hydrogens (tertiary/aromatic N) is 3. The first kappa shape index (κ1) is 16.7. The number of hydrogen-bond donors (Lipinski definition) is 1. The number of carbonyl (C=O) groups is 1. The van der Waals surface area contributed by atoms with Crippen LogP contribution in [0.15, 0.2) is 54.7 Å². The molecule has 4 rings (SSSR count). The van der Waals surface area contributed by atoms with E-state index in [0.717, 1.165) is 36.8 Å². The van der Waals surface area contributed by atoms with Gasteiger partial charge in [-0.2, -0.15) is 5.10 Å². The third kappa shape index (κ3) is 3.58. The molecule has 26 heavy (non-hydrogen) atoms. The predicted octanol–water partition coefficient (Wildman–Crippen LogP) is 2.94. The summed E-state index contributed by atoms with van der Waals surface area (Å²) in [4.78, 5) is 15.1. The van der Waals surface area contributed by atoms with Crippen LogP contribution in [-0.4, -0.2) is 40.1 Å². The van der Waals surface area contributed by atoms with Gasteiger partial charge in [0.1, 0.15) is 0 Å². The number of hydrogen-bond acceptors (Lipinski definition) is 4. The van der Waals surface area contributed by atoms with Gasteiger partial charge in [0.2, 0.25) is 0 Å². The zero-order chi connectivity index (χ0) is 17.9. The molecule has 5 nitrogen and oxygen atoms in total. The second-order valence-corrected chi connectivity index (χ2v) is 6.96. The van der Waals surface area contributed by atoms with Gasteiger partial charge >= 0.3 is 0 Å². The monoisotopic (exact) mass is 346 g/mol. The summed E-state index contributed by atoms with van der Waals surface area (Å²) >= 11 is 0. The van der Waals surface area contributed by atoms with Crippen LogP contribution >= 0.6 is 0 Å². The topological polar surface area (TPSA) is 58.1 Å². The second kappa shape index (κ2) is 7.22. The van der Waals surface area contributed by atoms with Crippen molar-refractivity contribution in [2.75, 3.05) is 13.1 Å². The van der Waals surface area contributed by atoms with Crippen LogP contribution < -0.4 is 5.32 Å². The SMILES string of the molecule is Cc1cccc(CN2CCC(NC(=O)c3nncc4ccccc34)C2)c1. The van der Waals surface area contributed by atoms with Crippen LogP contribution in [-0.2, 0) is 6.54 Å². The number of likely N-dealkylation sites (tertiary alicyclic amines) is 1. The summed E-state index contributed by atoms with van der Waals surface area (Å²) in [6, 6.07) is 16.4. The van der Waals surface area contributed by atoms with Gasteiger partial charge in [0.05, 0.1) is 6.20 Å². The van der Waals surface area contributed by atoms with Crippen LogP contribution in [0.2, 0.25) is 0 Å². The quantitative estimate of drug-likeness (QED) is 0.789. The van der Waals surface area contributed by atoms with E-state index in [4.69, 9.17) is 0 Å². The Bertz CT molecular complexity index is 935. The molecule has 5 heteroatoms. The summed E-state index contributed by atoms with van der Waals surface area (Å²) in [7, 11) is 0. The molecule has 0 spiro atoms. The molecule has 1 aliphatic rings. The number of aryl methyl sites for hydroxylation is 1. The zero-order valence-corrected chi connectivity index (χ0v) is 14.9. The second-order valence-electron chi connectivity index (χ2n) is 6.96. The van der Waals surface area contributed by atoms with E-state index in [-0.39, 0.29) is 11.9 Å². The Hall–Kier alpha value is -2.79. The number of nitrogens with one attached hydrogen (secondary N) is 1. The molecule has 1 atom stereocenters. The number of fused-ring (bicyclic) bond motifs is 1. The minimum atomic E-state index is -0.142. The molecule has 0 aliphatic carbocycles. The van der Waals surface area contributed by atoms with Gasteiger partial charge in [-0.15, -0.1) is 5.10 Å². The molecule has 1 saturated heterocycles. The van der Waals surface area contributed by atoms with Gasteiger partial charge in [0.25, 0.3) is 5.91 Å². The molecule has 2 heterocycles. The predicted molar refractivity (Wildman–Crippen MR) is 102 cm³/mol. The van der Waals surface area contributed by atoms with E-state index < -0.39 is 0 Å². The molecular weight excluding hydrogens is 324 g/mol. The summed E-state index contributed by atoms with van der Waals surface area (Å²) in [6.45, 7) is 4.88. The van der Waals surface area contributed by atoms with E-state index in [0.29, 0.717) is 5.69 Å². The van der Waals surface area contributed by atoms with Crippen molar-refractivity contribution in [1.29, 1.82) is 0 Å². The fourth-order valence-corrected chi connectivity index (χ4v) is 3.61. The molecule has 2 aromatic carbocycles. The average molecular weight is 346 g/mol. The van der Waals surface area contributed by atoms with Gasteiger partial charge < -0.3 is 5.32 Å².